The smallest absolute Gasteiger partial charge is 0.274 e. The Morgan fingerprint density at radius 1 is 1.64 bits per heavy atom. The van der Waals surface area contributed by atoms with Crippen molar-refractivity contribution in [1.82, 2.24) is 5.32 Å². The third-order valence-corrected chi connectivity index (χ3v) is 2.85. The van der Waals surface area contributed by atoms with Gasteiger partial charge in [-0.25, -0.2) is 0 Å². The first-order chi connectivity index (χ1) is 6.65. The Morgan fingerprint density at radius 3 is 2.93 bits per heavy atom. The largest absolute Gasteiger partial charge is 0.380 e. The second kappa shape index (κ2) is 3.32. The van der Waals surface area contributed by atoms with Crippen LogP contribution in [0.15, 0.2) is 23.3 Å². The van der Waals surface area contributed by atoms with Crippen LogP contribution >= 0.6 is 0 Å². The molecule has 1 atom stereocenters. The van der Waals surface area contributed by atoms with Crippen LogP contribution < -0.4 is 11.1 Å². The molecule has 0 aromatic carbocycles. The lowest BCUT2D eigenvalue weighted by atomic mass is 10.0. The highest BCUT2D eigenvalue weighted by Crippen LogP contribution is 2.42. The maximum atomic E-state index is 10.1. The first-order valence-corrected chi connectivity index (χ1v) is 4.74. The molecule has 0 aromatic rings. The fourth-order valence-corrected chi connectivity index (χ4v) is 2.27. The Bertz CT molecular complexity index is 333. The van der Waals surface area contributed by atoms with Crippen molar-refractivity contribution in [2.45, 2.75) is 25.7 Å². The van der Waals surface area contributed by atoms with Crippen LogP contribution in [-0.4, -0.2) is 4.92 Å². The van der Waals surface area contributed by atoms with Gasteiger partial charge in [0.1, 0.15) is 0 Å². The summed E-state index contributed by atoms with van der Waals surface area (Å²) in [5.41, 5.74) is 7.97. The first kappa shape index (κ1) is 9.05. The van der Waals surface area contributed by atoms with Gasteiger partial charge in [0.2, 0.25) is 0 Å². The maximum Gasteiger partial charge on any atom is 0.274 e. The van der Waals surface area contributed by atoms with Gasteiger partial charge < -0.3 is 11.1 Å². The molecule has 3 N–H and O–H groups in total. The van der Waals surface area contributed by atoms with Crippen LogP contribution in [0.5, 0.6) is 0 Å². The molecule has 2 aliphatic carbocycles. The molecule has 1 saturated carbocycles. The van der Waals surface area contributed by atoms with Crippen LogP contribution in [0.25, 0.3) is 0 Å². The van der Waals surface area contributed by atoms with E-state index >= 15 is 0 Å². The zero-order valence-corrected chi connectivity index (χ0v) is 7.82. The third kappa shape index (κ3) is 1.71. The maximum absolute atomic E-state index is 10.1. The Labute approximate surface area is 81.8 Å². The lowest BCUT2D eigenvalue weighted by Gasteiger charge is -2.13. The van der Waals surface area contributed by atoms with Crippen molar-refractivity contribution >= 4 is 0 Å². The predicted molar refractivity (Wildman–Crippen MR) is 51.4 cm³/mol. The van der Waals surface area contributed by atoms with Crippen LogP contribution in [-0.2, 0) is 0 Å². The number of allylic oxidation sites excluding steroid dienone is 2. The van der Waals surface area contributed by atoms with E-state index in [1.54, 1.807) is 0 Å². The molecule has 0 aliphatic heterocycles. The minimum absolute atomic E-state index is 0.130. The van der Waals surface area contributed by atoms with Gasteiger partial charge in [-0.3, -0.25) is 10.1 Å². The van der Waals surface area contributed by atoms with Crippen molar-refractivity contribution in [3.63, 3.8) is 0 Å². The van der Waals surface area contributed by atoms with Gasteiger partial charge >= 0.3 is 0 Å². The lowest BCUT2D eigenvalue weighted by Crippen LogP contribution is -2.21. The minimum Gasteiger partial charge on any atom is -0.380 e. The topological polar surface area (TPSA) is 81.2 Å². The number of nitro groups is 1. The number of fused-ring (bicyclic) bond motifs is 2. The number of hydrogen-bond acceptors (Lipinski definition) is 4. The summed E-state index contributed by atoms with van der Waals surface area (Å²) in [6.45, 7) is 0. The zero-order chi connectivity index (χ0) is 10.1. The molecule has 1 fully saturated rings. The highest BCUT2D eigenvalue weighted by atomic mass is 16.6. The van der Waals surface area contributed by atoms with Crippen molar-refractivity contribution in [2.24, 2.45) is 11.7 Å². The number of nitrogens with one attached hydrogen (secondary N) is 1. The van der Waals surface area contributed by atoms with Crippen molar-refractivity contribution in [2.75, 3.05) is 0 Å². The summed E-state index contributed by atoms with van der Waals surface area (Å²) in [7, 11) is 0. The van der Waals surface area contributed by atoms with Crippen molar-refractivity contribution in [1.29, 1.82) is 0 Å². The van der Waals surface area contributed by atoms with Crippen LogP contribution in [0.2, 0.25) is 0 Å². The number of nitrogens with zero attached hydrogens (tertiary/aromatic N) is 1. The molecule has 5 heteroatoms. The van der Waals surface area contributed by atoms with Crippen molar-refractivity contribution in [3.05, 3.63) is 33.4 Å². The quantitative estimate of drug-likeness (QED) is 0.521. The molecular formula is C9H13N3O2. The van der Waals surface area contributed by atoms with Crippen molar-refractivity contribution in [3.8, 4) is 0 Å². The monoisotopic (exact) mass is 195 g/mol. The third-order valence-electron chi connectivity index (χ3n) is 2.85. The van der Waals surface area contributed by atoms with Crippen LogP contribution in [0, 0.1) is 16.0 Å². The summed E-state index contributed by atoms with van der Waals surface area (Å²) in [4.78, 5) is 9.60. The molecule has 0 saturated heterocycles. The van der Waals surface area contributed by atoms with Crippen LogP contribution in [0.3, 0.4) is 0 Å². The van der Waals surface area contributed by atoms with Crippen LogP contribution in [0.4, 0.5) is 0 Å². The normalized spacial score (nSPS) is 25.7. The standard InChI is InChI=1S/C9H13N3O2/c10-9(5-12(13)14)11-8-4-6-1-2-7(8)3-6/h5-6,11H,1-4,10H2. The zero-order valence-electron chi connectivity index (χ0n) is 7.82. The Balaban J connectivity index is 2.02. The molecule has 5 nitrogen and oxygen atoms in total. The summed E-state index contributed by atoms with van der Waals surface area (Å²) in [5, 5.41) is 13.1. The van der Waals surface area contributed by atoms with Gasteiger partial charge in [-0.1, -0.05) is 5.57 Å². The number of hydrogen-bond donors (Lipinski definition) is 2. The van der Waals surface area contributed by atoms with Gasteiger partial charge in [0.25, 0.3) is 6.20 Å². The van der Waals surface area contributed by atoms with Crippen molar-refractivity contribution < 1.29 is 4.92 Å². The molecule has 0 amide bonds. The Kier molecular flexibility index (Phi) is 2.15. The summed E-state index contributed by atoms with van der Waals surface area (Å²) >= 11 is 0. The molecular weight excluding hydrogens is 182 g/mol. The van der Waals surface area contributed by atoms with E-state index in [1.807, 2.05) is 0 Å². The molecule has 76 valence electrons. The van der Waals surface area contributed by atoms with E-state index in [4.69, 9.17) is 5.73 Å². The molecule has 0 heterocycles. The second-order valence-electron chi connectivity index (χ2n) is 3.89. The van der Waals surface area contributed by atoms with E-state index in [2.05, 4.69) is 5.32 Å². The van der Waals surface area contributed by atoms with E-state index in [1.165, 1.54) is 12.0 Å². The molecule has 2 rings (SSSR count). The predicted octanol–water partition coefficient (Wildman–Crippen LogP) is 1.07. The fraction of sp³-hybridized carbons (Fsp3) is 0.556. The summed E-state index contributed by atoms with van der Waals surface area (Å²) < 4.78 is 0. The van der Waals surface area contributed by atoms with Gasteiger partial charge in [0, 0.05) is 5.70 Å². The highest BCUT2D eigenvalue weighted by Gasteiger charge is 2.30. The van der Waals surface area contributed by atoms with Gasteiger partial charge in [-0.05, 0) is 31.6 Å². The molecule has 14 heavy (non-hydrogen) atoms. The van der Waals surface area contributed by atoms with E-state index in [9.17, 15) is 10.1 Å². The average molecular weight is 195 g/mol. The first-order valence-electron chi connectivity index (χ1n) is 4.74. The molecule has 1 unspecified atom stereocenters. The SMILES string of the molecule is NC(=C[N+](=O)[O-])NC1=C2CCC(C2)C1. The van der Waals surface area contributed by atoms with Gasteiger partial charge in [0.15, 0.2) is 5.82 Å². The van der Waals surface area contributed by atoms with Crippen LogP contribution in [0.1, 0.15) is 25.7 Å². The van der Waals surface area contributed by atoms with E-state index in [0.29, 0.717) is 0 Å². The molecule has 0 radical (unpaired) electrons. The summed E-state index contributed by atoms with van der Waals surface area (Å²) in [6.07, 6.45) is 5.34. The molecule has 0 aromatic heterocycles. The minimum atomic E-state index is -0.541. The van der Waals surface area contributed by atoms with Gasteiger partial charge in [0.05, 0.1) is 4.92 Å². The highest BCUT2D eigenvalue weighted by molar-refractivity contribution is 5.26. The molecule has 2 aliphatic rings. The van der Waals surface area contributed by atoms with Gasteiger partial charge in [-0.15, -0.1) is 0 Å². The van der Waals surface area contributed by atoms with E-state index < -0.39 is 4.92 Å². The van der Waals surface area contributed by atoms with Gasteiger partial charge in [-0.2, -0.15) is 0 Å². The number of nitrogens with two attached hydrogens (primary N) is 1. The Hall–Kier alpha value is -1.52. The second-order valence-corrected chi connectivity index (χ2v) is 3.89. The number of rotatable bonds is 3. The molecule has 2 bridgehead atoms. The summed E-state index contributed by atoms with van der Waals surface area (Å²) in [5.74, 6) is 0.876. The average Bonchev–Trinajstić information content (AvgIpc) is 2.62. The van der Waals surface area contributed by atoms with E-state index in [-0.39, 0.29) is 5.82 Å². The summed E-state index contributed by atoms with van der Waals surface area (Å²) in [6, 6.07) is 0. The Morgan fingerprint density at radius 2 is 2.43 bits per heavy atom. The molecule has 0 spiro atoms. The lowest BCUT2D eigenvalue weighted by molar-refractivity contribution is -0.403. The van der Waals surface area contributed by atoms with E-state index in [0.717, 1.165) is 37.1 Å². The fourth-order valence-electron chi connectivity index (χ4n) is 2.27.